The first-order chi connectivity index (χ1) is 9.93. The highest BCUT2D eigenvalue weighted by Crippen LogP contribution is 2.29. The average Bonchev–Trinajstić information content (AvgIpc) is 2.55. The topological polar surface area (TPSA) is 25.8 Å². The molecule has 2 heteroatoms. The van der Waals surface area contributed by atoms with Gasteiger partial charge in [-0.3, -0.25) is 0 Å². The molecule has 0 aliphatic rings. The van der Waals surface area contributed by atoms with Crippen LogP contribution in [0.4, 0.5) is 0 Å². The van der Waals surface area contributed by atoms with Crippen LogP contribution in [0.25, 0.3) is 32.9 Å². The molecule has 3 aromatic carbocycles. The Hall–Kier alpha value is -2.74. The number of hydrogen-bond donors (Lipinski definition) is 0. The standard InChI is InChI=1S/C18H12N2/c1-2-7-14(8-3-1)17-16-11-10-13-6-4-5-9-15(13)18(16)20-12-19-17/h1-12H. The molecule has 0 aliphatic carbocycles. The monoisotopic (exact) mass is 256 g/mol. The van der Waals surface area contributed by atoms with Crippen molar-refractivity contribution < 1.29 is 0 Å². The summed E-state index contributed by atoms with van der Waals surface area (Å²) in [6.45, 7) is 0. The summed E-state index contributed by atoms with van der Waals surface area (Å²) in [5.41, 5.74) is 3.12. The normalized spacial score (nSPS) is 11.0. The molecule has 0 aliphatic heterocycles. The fraction of sp³-hybridized carbons (Fsp3) is 0. The van der Waals surface area contributed by atoms with E-state index in [0.717, 1.165) is 22.2 Å². The van der Waals surface area contributed by atoms with Crippen LogP contribution in [0.15, 0.2) is 73.1 Å². The highest BCUT2D eigenvalue weighted by molar-refractivity contribution is 6.08. The minimum atomic E-state index is 0.987. The SMILES string of the molecule is c1ccc(-c2ncnc3c2ccc2ccccc23)cc1. The van der Waals surface area contributed by atoms with E-state index in [0.29, 0.717) is 0 Å². The van der Waals surface area contributed by atoms with Gasteiger partial charge in [-0.25, -0.2) is 9.97 Å². The van der Waals surface area contributed by atoms with Crippen molar-refractivity contribution in [1.82, 2.24) is 9.97 Å². The molecule has 0 atom stereocenters. The molecule has 2 nitrogen and oxygen atoms in total. The second-order valence-corrected chi connectivity index (χ2v) is 4.77. The minimum Gasteiger partial charge on any atom is -0.236 e. The first kappa shape index (κ1) is 11.1. The fourth-order valence-electron chi connectivity index (χ4n) is 2.63. The van der Waals surface area contributed by atoms with Gasteiger partial charge in [0.05, 0.1) is 11.2 Å². The van der Waals surface area contributed by atoms with Crippen LogP contribution in [0, 0.1) is 0 Å². The Bertz CT molecular complexity index is 899. The lowest BCUT2D eigenvalue weighted by Crippen LogP contribution is -1.89. The van der Waals surface area contributed by atoms with Crippen LogP contribution in [-0.4, -0.2) is 9.97 Å². The summed E-state index contributed by atoms with van der Waals surface area (Å²) < 4.78 is 0. The zero-order chi connectivity index (χ0) is 13.4. The Morgan fingerprint density at radius 3 is 2.30 bits per heavy atom. The van der Waals surface area contributed by atoms with Crippen molar-refractivity contribution in [2.45, 2.75) is 0 Å². The third-order valence-electron chi connectivity index (χ3n) is 3.58. The van der Waals surface area contributed by atoms with Crippen LogP contribution >= 0.6 is 0 Å². The van der Waals surface area contributed by atoms with Crippen molar-refractivity contribution in [1.29, 1.82) is 0 Å². The molecule has 0 N–H and O–H groups in total. The molecule has 0 bridgehead atoms. The maximum Gasteiger partial charge on any atom is 0.116 e. The second kappa shape index (κ2) is 4.42. The van der Waals surface area contributed by atoms with Gasteiger partial charge < -0.3 is 0 Å². The van der Waals surface area contributed by atoms with Crippen LogP contribution in [0.1, 0.15) is 0 Å². The van der Waals surface area contributed by atoms with Gasteiger partial charge in [-0.2, -0.15) is 0 Å². The number of aromatic nitrogens is 2. The molecule has 1 aromatic heterocycles. The average molecular weight is 256 g/mol. The van der Waals surface area contributed by atoms with Gasteiger partial charge in [0, 0.05) is 16.3 Å². The molecule has 0 radical (unpaired) electrons. The van der Waals surface area contributed by atoms with E-state index in [-0.39, 0.29) is 0 Å². The minimum absolute atomic E-state index is 0.987. The molecule has 0 spiro atoms. The Morgan fingerprint density at radius 1 is 0.600 bits per heavy atom. The summed E-state index contributed by atoms with van der Waals surface area (Å²) in [5, 5.41) is 3.47. The first-order valence-corrected chi connectivity index (χ1v) is 6.61. The van der Waals surface area contributed by atoms with Gasteiger partial charge in [0.15, 0.2) is 0 Å². The molecule has 0 unspecified atom stereocenters. The summed E-state index contributed by atoms with van der Waals surface area (Å²) in [7, 11) is 0. The number of hydrogen-bond acceptors (Lipinski definition) is 2. The number of rotatable bonds is 1. The maximum atomic E-state index is 4.48. The van der Waals surface area contributed by atoms with Crippen LogP contribution in [0.2, 0.25) is 0 Å². The number of nitrogens with zero attached hydrogens (tertiary/aromatic N) is 2. The Morgan fingerprint density at radius 2 is 1.40 bits per heavy atom. The van der Waals surface area contributed by atoms with Crippen molar-refractivity contribution >= 4 is 21.7 Å². The highest BCUT2D eigenvalue weighted by atomic mass is 14.8. The molecule has 94 valence electrons. The van der Waals surface area contributed by atoms with E-state index >= 15 is 0 Å². The predicted octanol–water partition coefficient (Wildman–Crippen LogP) is 4.45. The van der Waals surface area contributed by atoms with Crippen molar-refractivity contribution in [2.75, 3.05) is 0 Å². The van der Waals surface area contributed by atoms with E-state index < -0.39 is 0 Å². The van der Waals surface area contributed by atoms with Gasteiger partial charge in [0.1, 0.15) is 6.33 Å². The van der Waals surface area contributed by atoms with Crippen molar-refractivity contribution in [2.24, 2.45) is 0 Å². The zero-order valence-electron chi connectivity index (χ0n) is 10.8. The Balaban J connectivity index is 2.12. The summed E-state index contributed by atoms with van der Waals surface area (Å²) in [4.78, 5) is 8.96. The third kappa shape index (κ3) is 1.66. The van der Waals surface area contributed by atoms with E-state index in [4.69, 9.17) is 0 Å². The highest BCUT2D eigenvalue weighted by Gasteiger charge is 2.08. The smallest absolute Gasteiger partial charge is 0.116 e. The van der Waals surface area contributed by atoms with E-state index in [9.17, 15) is 0 Å². The molecule has 20 heavy (non-hydrogen) atoms. The number of benzene rings is 3. The summed E-state index contributed by atoms with van der Waals surface area (Å²) >= 11 is 0. The van der Waals surface area contributed by atoms with Gasteiger partial charge >= 0.3 is 0 Å². The summed E-state index contributed by atoms with van der Waals surface area (Å²) in [6, 6.07) is 22.8. The number of fused-ring (bicyclic) bond motifs is 3. The van der Waals surface area contributed by atoms with Crippen molar-refractivity contribution in [3.05, 3.63) is 73.1 Å². The van der Waals surface area contributed by atoms with Crippen molar-refractivity contribution in [3.63, 3.8) is 0 Å². The van der Waals surface area contributed by atoms with E-state index in [1.807, 2.05) is 30.3 Å². The lowest BCUT2D eigenvalue weighted by atomic mass is 10.0. The van der Waals surface area contributed by atoms with Crippen LogP contribution < -0.4 is 0 Å². The van der Waals surface area contributed by atoms with Gasteiger partial charge in [-0.1, -0.05) is 60.7 Å². The lowest BCUT2D eigenvalue weighted by molar-refractivity contribution is 1.23. The molecule has 0 amide bonds. The molecule has 4 aromatic rings. The fourth-order valence-corrected chi connectivity index (χ4v) is 2.63. The Kier molecular flexibility index (Phi) is 2.46. The second-order valence-electron chi connectivity index (χ2n) is 4.77. The quantitative estimate of drug-likeness (QED) is 0.470. The van der Waals surface area contributed by atoms with Gasteiger partial charge in [0.25, 0.3) is 0 Å². The molecule has 4 rings (SSSR count). The van der Waals surface area contributed by atoms with Gasteiger partial charge in [0.2, 0.25) is 0 Å². The predicted molar refractivity (Wildman–Crippen MR) is 82.5 cm³/mol. The largest absolute Gasteiger partial charge is 0.236 e. The van der Waals surface area contributed by atoms with Crippen LogP contribution in [-0.2, 0) is 0 Å². The van der Waals surface area contributed by atoms with E-state index in [2.05, 4.69) is 46.4 Å². The maximum absolute atomic E-state index is 4.48. The first-order valence-electron chi connectivity index (χ1n) is 6.61. The van der Waals surface area contributed by atoms with E-state index in [1.54, 1.807) is 6.33 Å². The van der Waals surface area contributed by atoms with Gasteiger partial charge in [-0.05, 0) is 11.5 Å². The molecule has 0 saturated carbocycles. The molecular formula is C18H12N2. The third-order valence-corrected chi connectivity index (χ3v) is 3.58. The van der Waals surface area contributed by atoms with Gasteiger partial charge in [-0.15, -0.1) is 0 Å². The molecule has 1 heterocycles. The zero-order valence-corrected chi connectivity index (χ0v) is 10.8. The van der Waals surface area contributed by atoms with Crippen LogP contribution in [0.3, 0.4) is 0 Å². The molecular weight excluding hydrogens is 244 g/mol. The summed E-state index contributed by atoms with van der Waals surface area (Å²) in [5.74, 6) is 0. The van der Waals surface area contributed by atoms with E-state index in [1.165, 1.54) is 10.8 Å². The Labute approximate surface area is 116 Å². The lowest BCUT2D eigenvalue weighted by Gasteiger charge is -2.07. The molecule has 0 saturated heterocycles. The van der Waals surface area contributed by atoms with Crippen molar-refractivity contribution in [3.8, 4) is 11.3 Å². The summed E-state index contributed by atoms with van der Waals surface area (Å²) in [6.07, 6.45) is 1.65. The van der Waals surface area contributed by atoms with Crippen LogP contribution in [0.5, 0.6) is 0 Å². The molecule has 0 fully saturated rings.